The smallest absolute Gasteiger partial charge is 0.258 e. The molecule has 0 aliphatic heterocycles. The van der Waals surface area contributed by atoms with Gasteiger partial charge in [-0.1, -0.05) is 18.2 Å². The molecule has 0 fully saturated rings. The first kappa shape index (κ1) is 19.8. The van der Waals surface area contributed by atoms with Crippen molar-refractivity contribution in [3.05, 3.63) is 58.6 Å². The van der Waals surface area contributed by atoms with E-state index >= 15 is 0 Å². The summed E-state index contributed by atoms with van der Waals surface area (Å²) in [5, 5.41) is 22.4. The fraction of sp³-hybridized carbons (Fsp3) is 0.0714. The number of benzene rings is 2. The first-order valence-corrected chi connectivity index (χ1v) is 9.52. The predicted molar refractivity (Wildman–Crippen MR) is 89.6 cm³/mol. The van der Waals surface area contributed by atoms with Gasteiger partial charge in [-0.3, -0.25) is 10.1 Å². The van der Waals surface area contributed by atoms with Crippen LogP contribution in [0.1, 0.15) is 0 Å². The van der Waals surface area contributed by atoms with Crippen molar-refractivity contribution in [3.8, 4) is 5.69 Å². The lowest BCUT2D eigenvalue weighted by atomic mass is 10.3. The second-order valence-corrected chi connectivity index (χ2v) is 8.10. The van der Waals surface area contributed by atoms with Gasteiger partial charge in [0.25, 0.3) is 15.5 Å². The number of nitrogens with zero attached hydrogens (tertiary/aromatic N) is 5. The summed E-state index contributed by atoms with van der Waals surface area (Å²) in [6, 6.07) is 10.4. The van der Waals surface area contributed by atoms with E-state index in [-0.39, 0.29) is 10.1 Å². The third-order valence-electron chi connectivity index (χ3n) is 3.39. The summed E-state index contributed by atoms with van der Waals surface area (Å²) in [5.41, 5.74) is -5.85. The summed E-state index contributed by atoms with van der Waals surface area (Å²) in [5.74, 6) is 0. The molecule has 3 rings (SSSR count). The quantitative estimate of drug-likeness (QED) is 0.446. The van der Waals surface area contributed by atoms with Gasteiger partial charge in [-0.05, 0) is 46.5 Å². The molecule has 0 atom stereocenters. The minimum absolute atomic E-state index is 0.0979. The van der Waals surface area contributed by atoms with Crippen molar-refractivity contribution in [2.24, 2.45) is 0 Å². The Kier molecular flexibility index (Phi) is 5.08. The first-order valence-electron chi connectivity index (χ1n) is 7.23. The van der Waals surface area contributed by atoms with E-state index in [9.17, 15) is 31.7 Å². The standard InChI is InChI=1S/C14H8F3N5O4S2/c15-14(16,17)28(25,26)10-6-7-12(11(8-10)22(23)24)27-13-18-19-20-21(13)9-4-2-1-3-5-9/h1-8H. The highest BCUT2D eigenvalue weighted by atomic mass is 32.2. The number of alkyl halides is 3. The molecule has 0 aliphatic rings. The molecule has 0 aliphatic carbocycles. The van der Waals surface area contributed by atoms with Gasteiger partial charge >= 0.3 is 5.51 Å². The van der Waals surface area contributed by atoms with Crippen LogP contribution in [0.2, 0.25) is 0 Å². The zero-order valence-electron chi connectivity index (χ0n) is 13.4. The number of hydrogen-bond acceptors (Lipinski definition) is 8. The normalized spacial score (nSPS) is 12.1. The molecule has 0 spiro atoms. The Morgan fingerprint density at radius 3 is 2.39 bits per heavy atom. The lowest BCUT2D eigenvalue weighted by molar-refractivity contribution is -0.388. The largest absolute Gasteiger partial charge is 0.501 e. The van der Waals surface area contributed by atoms with Gasteiger partial charge < -0.3 is 0 Å². The molecule has 28 heavy (non-hydrogen) atoms. The van der Waals surface area contributed by atoms with Crippen LogP contribution in [0.5, 0.6) is 0 Å². The number of halogens is 3. The number of rotatable bonds is 5. The van der Waals surface area contributed by atoms with Crippen LogP contribution in [0.3, 0.4) is 0 Å². The fourth-order valence-electron chi connectivity index (χ4n) is 2.10. The average Bonchev–Trinajstić information content (AvgIpc) is 3.09. The number of para-hydroxylation sites is 1. The molecule has 0 amide bonds. The van der Waals surface area contributed by atoms with Crippen LogP contribution in [0.4, 0.5) is 18.9 Å². The number of aromatic nitrogens is 4. The Balaban J connectivity index is 2.03. The molecule has 14 heteroatoms. The van der Waals surface area contributed by atoms with Crippen molar-refractivity contribution in [1.82, 2.24) is 20.2 Å². The molecule has 0 N–H and O–H groups in total. The second-order valence-electron chi connectivity index (χ2n) is 5.15. The fourth-order valence-corrected chi connectivity index (χ4v) is 3.76. The Bertz CT molecular complexity index is 1130. The van der Waals surface area contributed by atoms with Gasteiger partial charge in [-0.25, -0.2) is 8.42 Å². The summed E-state index contributed by atoms with van der Waals surface area (Å²) < 4.78 is 62.4. The Hall–Kier alpha value is -3.00. The van der Waals surface area contributed by atoms with Crippen molar-refractivity contribution in [3.63, 3.8) is 0 Å². The molecule has 146 valence electrons. The number of nitro benzene ring substituents is 1. The molecule has 0 unspecified atom stereocenters. The zero-order valence-corrected chi connectivity index (χ0v) is 15.1. The van der Waals surface area contributed by atoms with Gasteiger partial charge in [0, 0.05) is 6.07 Å². The van der Waals surface area contributed by atoms with E-state index < -0.39 is 30.9 Å². The van der Waals surface area contributed by atoms with Crippen LogP contribution in [-0.4, -0.2) is 39.1 Å². The number of tetrazole rings is 1. The minimum Gasteiger partial charge on any atom is -0.258 e. The third-order valence-corrected chi connectivity index (χ3v) is 5.87. The summed E-state index contributed by atoms with van der Waals surface area (Å²) in [6.45, 7) is 0. The van der Waals surface area contributed by atoms with E-state index in [1.165, 1.54) is 4.68 Å². The van der Waals surface area contributed by atoms with E-state index in [1.54, 1.807) is 30.3 Å². The number of hydrogen-bond donors (Lipinski definition) is 0. The highest BCUT2D eigenvalue weighted by Gasteiger charge is 2.47. The van der Waals surface area contributed by atoms with E-state index in [0.717, 1.165) is 6.07 Å². The monoisotopic (exact) mass is 431 g/mol. The zero-order chi connectivity index (χ0) is 20.5. The summed E-state index contributed by atoms with van der Waals surface area (Å²) in [6.07, 6.45) is 0. The molecule has 3 aromatic rings. The van der Waals surface area contributed by atoms with Crippen molar-refractivity contribution in [1.29, 1.82) is 0 Å². The van der Waals surface area contributed by atoms with Crippen molar-refractivity contribution in [2.75, 3.05) is 0 Å². The van der Waals surface area contributed by atoms with Gasteiger partial charge in [0.15, 0.2) is 0 Å². The van der Waals surface area contributed by atoms with Crippen LogP contribution in [0.25, 0.3) is 5.69 Å². The maximum Gasteiger partial charge on any atom is 0.501 e. The van der Waals surface area contributed by atoms with E-state index in [1.807, 2.05) is 0 Å². The Morgan fingerprint density at radius 1 is 1.11 bits per heavy atom. The molecule has 9 nitrogen and oxygen atoms in total. The highest BCUT2D eigenvalue weighted by Crippen LogP contribution is 2.38. The topological polar surface area (TPSA) is 121 Å². The summed E-state index contributed by atoms with van der Waals surface area (Å²) >= 11 is 0.707. The van der Waals surface area contributed by atoms with Crippen molar-refractivity contribution in [2.45, 2.75) is 20.5 Å². The first-order chi connectivity index (χ1) is 13.1. The van der Waals surface area contributed by atoms with Crippen molar-refractivity contribution >= 4 is 27.3 Å². The molecule has 2 aromatic carbocycles. The number of nitro groups is 1. The van der Waals surface area contributed by atoms with Gasteiger partial charge in [-0.15, -0.1) is 5.10 Å². The average molecular weight is 431 g/mol. The van der Waals surface area contributed by atoms with Crippen LogP contribution < -0.4 is 0 Å². The predicted octanol–water partition coefficient (Wildman–Crippen LogP) is 3.02. The van der Waals surface area contributed by atoms with E-state index in [0.29, 0.717) is 29.6 Å². The maximum atomic E-state index is 12.7. The second kappa shape index (κ2) is 7.20. The molecule has 0 bridgehead atoms. The lowest BCUT2D eigenvalue weighted by Crippen LogP contribution is -2.23. The molecule has 0 saturated heterocycles. The van der Waals surface area contributed by atoms with Gasteiger partial charge in [0.05, 0.1) is 20.4 Å². The SMILES string of the molecule is O=[N+]([O-])c1cc(S(=O)(=O)C(F)(F)F)ccc1Sc1nnnn1-c1ccccc1. The summed E-state index contributed by atoms with van der Waals surface area (Å²) in [4.78, 5) is 8.96. The highest BCUT2D eigenvalue weighted by molar-refractivity contribution is 7.99. The van der Waals surface area contributed by atoms with Crippen LogP contribution >= 0.6 is 11.8 Å². The molecule has 1 heterocycles. The molecular weight excluding hydrogens is 423 g/mol. The van der Waals surface area contributed by atoms with E-state index in [2.05, 4.69) is 15.5 Å². The maximum absolute atomic E-state index is 12.7. The van der Waals surface area contributed by atoms with Gasteiger partial charge in [0.1, 0.15) is 0 Å². The van der Waals surface area contributed by atoms with Crippen LogP contribution in [0.15, 0.2) is 63.5 Å². The lowest BCUT2D eigenvalue weighted by Gasteiger charge is -2.09. The Morgan fingerprint density at radius 2 is 1.79 bits per heavy atom. The van der Waals surface area contributed by atoms with E-state index in [4.69, 9.17) is 0 Å². The Labute approximate surface area is 159 Å². The van der Waals surface area contributed by atoms with Gasteiger partial charge in [-0.2, -0.15) is 17.9 Å². The van der Waals surface area contributed by atoms with Crippen molar-refractivity contribution < 1.29 is 26.5 Å². The van der Waals surface area contributed by atoms with Crippen LogP contribution in [0, 0.1) is 10.1 Å². The molecule has 0 saturated carbocycles. The molecular formula is C14H8F3N5O4S2. The molecule has 1 aromatic heterocycles. The number of sulfone groups is 1. The van der Waals surface area contributed by atoms with Crippen LogP contribution in [-0.2, 0) is 9.84 Å². The van der Waals surface area contributed by atoms with Gasteiger partial charge in [0.2, 0.25) is 5.16 Å². The molecule has 0 radical (unpaired) electrons. The minimum atomic E-state index is -5.72. The summed E-state index contributed by atoms with van der Waals surface area (Å²) in [7, 11) is -5.72. The third kappa shape index (κ3) is 3.68.